The minimum absolute atomic E-state index is 0.0224. The van der Waals surface area contributed by atoms with Crippen molar-refractivity contribution >= 4 is 28.8 Å². The van der Waals surface area contributed by atoms with E-state index < -0.39 is 0 Å². The number of hydrogen-bond acceptors (Lipinski definition) is 3. The fourth-order valence-corrected chi connectivity index (χ4v) is 1.90. The maximum absolute atomic E-state index is 12.0. The topological polar surface area (TPSA) is 58.4 Å². The maximum Gasteiger partial charge on any atom is 0.238 e. The smallest absolute Gasteiger partial charge is 0.238 e. The van der Waals surface area contributed by atoms with Crippen molar-refractivity contribution in [3.05, 3.63) is 29.8 Å². The molecule has 1 amide bonds. The number of amides is 1. The number of nitrogens with one attached hydrogen (secondary N) is 1. The molecular formula is C15H23N3OS. The molecule has 0 fully saturated rings. The summed E-state index contributed by atoms with van der Waals surface area (Å²) < 4.78 is 0. The average Bonchev–Trinajstić information content (AvgIpc) is 2.40. The Morgan fingerprint density at radius 3 is 2.50 bits per heavy atom. The average molecular weight is 293 g/mol. The molecule has 0 saturated heterocycles. The Morgan fingerprint density at radius 1 is 1.40 bits per heavy atom. The van der Waals surface area contributed by atoms with E-state index in [9.17, 15) is 4.79 Å². The molecule has 0 aromatic heterocycles. The van der Waals surface area contributed by atoms with E-state index in [2.05, 4.69) is 5.32 Å². The number of likely N-dealkylation sites (N-methyl/N-ethyl adjacent to an activating group) is 1. The summed E-state index contributed by atoms with van der Waals surface area (Å²) in [6, 6.07) is 7.76. The van der Waals surface area contributed by atoms with Gasteiger partial charge in [0, 0.05) is 18.2 Å². The second-order valence-corrected chi connectivity index (χ2v) is 5.52. The zero-order valence-electron chi connectivity index (χ0n) is 12.3. The summed E-state index contributed by atoms with van der Waals surface area (Å²) >= 11 is 4.97. The van der Waals surface area contributed by atoms with Crippen molar-refractivity contribution < 1.29 is 4.79 Å². The van der Waals surface area contributed by atoms with Crippen LogP contribution in [0.1, 0.15) is 19.4 Å². The summed E-state index contributed by atoms with van der Waals surface area (Å²) in [5.41, 5.74) is 7.60. The highest BCUT2D eigenvalue weighted by Gasteiger charge is 2.14. The molecule has 0 saturated carbocycles. The molecule has 0 spiro atoms. The minimum Gasteiger partial charge on any atom is -0.393 e. The number of hydrogen-bond donors (Lipinski definition) is 2. The van der Waals surface area contributed by atoms with Crippen LogP contribution in [0.4, 0.5) is 5.69 Å². The predicted octanol–water partition coefficient (Wildman–Crippen LogP) is 2.18. The predicted molar refractivity (Wildman–Crippen MR) is 87.9 cm³/mol. The molecule has 110 valence electrons. The van der Waals surface area contributed by atoms with Crippen LogP contribution in [0.15, 0.2) is 24.3 Å². The molecule has 4 nitrogen and oxygen atoms in total. The normalized spacial score (nSPS) is 12.2. The van der Waals surface area contributed by atoms with Crippen molar-refractivity contribution in [1.82, 2.24) is 4.90 Å². The third-order valence-electron chi connectivity index (χ3n) is 3.17. The zero-order chi connectivity index (χ0) is 15.1. The van der Waals surface area contributed by atoms with Crippen molar-refractivity contribution in [2.45, 2.75) is 20.8 Å². The van der Waals surface area contributed by atoms with Crippen LogP contribution in [0.25, 0.3) is 0 Å². The van der Waals surface area contributed by atoms with Gasteiger partial charge in [-0.3, -0.25) is 9.69 Å². The van der Waals surface area contributed by atoms with E-state index in [1.54, 1.807) is 0 Å². The Labute approximate surface area is 126 Å². The third kappa shape index (κ3) is 5.67. The molecule has 1 unspecified atom stereocenters. The molecule has 0 heterocycles. The van der Waals surface area contributed by atoms with E-state index in [1.165, 1.54) is 5.56 Å². The van der Waals surface area contributed by atoms with E-state index in [-0.39, 0.29) is 11.8 Å². The Hall–Kier alpha value is -1.46. The molecule has 0 aliphatic rings. The molecular weight excluding hydrogens is 270 g/mol. The monoisotopic (exact) mass is 293 g/mol. The Balaban J connectivity index is 2.50. The maximum atomic E-state index is 12.0. The summed E-state index contributed by atoms with van der Waals surface area (Å²) in [7, 11) is 0. The molecule has 1 aromatic carbocycles. The molecule has 1 atom stereocenters. The van der Waals surface area contributed by atoms with Crippen LogP contribution in [-0.2, 0) is 4.79 Å². The van der Waals surface area contributed by atoms with Gasteiger partial charge in [-0.15, -0.1) is 0 Å². The van der Waals surface area contributed by atoms with Crippen LogP contribution in [0.5, 0.6) is 0 Å². The van der Waals surface area contributed by atoms with Gasteiger partial charge in [0.1, 0.15) is 0 Å². The number of benzene rings is 1. The number of nitrogens with two attached hydrogens (primary N) is 1. The molecule has 1 rings (SSSR count). The quantitative estimate of drug-likeness (QED) is 0.757. The van der Waals surface area contributed by atoms with Crippen molar-refractivity contribution in [2.24, 2.45) is 11.7 Å². The highest BCUT2D eigenvalue weighted by Crippen LogP contribution is 2.09. The lowest BCUT2D eigenvalue weighted by molar-refractivity contribution is -0.117. The van der Waals surface area contributed by atoms with Gasteiger partial charge >= 0.3 is 0 Å². The van der Waals surface area contributed by atoms with Gasteiger partial charge in [-0.05, 0) is 25.6 Å². The van der Waals surface area contributed by atoms with Crippen molar-refractivity contribution in [3.8, 4) is 0 Å². The highest BCUT2D eigenvalue weighted by molar-refractivity contribution is 7.80. The lowest BCUT2D eigenvalue weighted by atomic mass is 10.1. The van der Waals surface area contributed by atoms with Crippen molar-refractivity contribution in [2.75, 3.05) is 25.0 Å². The van der Waals surface area contributed by atoms with Gasteiger partial charge in [0.25, 0.3) is 0 Å². The van der Waals surface area contributed by atoms with Gasteiger partial charge in [0.2, 0.25) is 5.91 Å². The summed E-state index contributed by atoms with van der Waals surface area (Å²) in [4.78, 5) is 14.5. The van der Waals surface area contributed by atoms with Gasteiger partial charge in [-0.2, -0.15) is 0 Å². The van der Waals surface area contributed by atoms with Crippen molar-refractivity contribution in [1.29, 1.82) is 0 Å². The SMILES string of the molecule is CCN(CC(=O)Nc1ccc(C)cc1)CC(C)C(N)=S. The van der Waals surface area contributed by atoms with Gasteiger partial charge in [-0.1, -0.05) is 43.8 Å². The number of nitrogens with zero attached hydrogens (tertiary/aromatic N) is 1. The fraction of sp³-hybridized carbons (Fsp3) is 0.467. The standard InChI is InChI=1S/C15H23N3OS/c1-4-18(9-12(3)15(16)20)10-14(19)17-13-7-5-11(2)6-8-13/h5-8,12H,4,9-10H2,1-3H3,(H2,16,20)(H,17,19). The zero-order valence-corrected chi connectivity index (χ0v) is 13.2. The summed E-state index contributed by atoms with van der Waals surface area (Å²) in [6.07, 6.45) is 0. The molecule has 1 aromatic rings. The third-order valence-corrected chi connectivity index (χ3v) is 3.57. The summed E-state index contributed by atoms with van der Waals surface area (Å²) in [6.45, 7) is 7.84. The molecule has 0 radical (unpaired) electrons. The molecule has 0 aliphatic heterocycles. The van der Waals surface area contributed by atoms with E-state index in [4.69, 9.17) is 18.0 Å². The number of anilines is 1. The van der Waals surface area contributed by atoms with Gasteiger partial charge in [-0.25, -0.2) is 0 Å². The number of carbonyl (C=O) groups excluding carboxylic acids is 1. The Kier molecular flexibility index (Phi) is 6.61. The Morgan fingerprint density at radius 2 is 2.00 bits per heavy atom. The van der Waals surface area contributed by atoms with Gasteiger partial charge in [0.15, 0.2) is 0 Å². The Bertz CT molecular complexity index is 459. The summed E-state index contributed by atoms with van der Waals surface area (Å²) in [5, 5.41) is 2.89. The number of rotatable bonds is 7. The second-order valence-electron chi connectivity index (χ2n) is 5.05. The first-order valence-electron chi connectivity index (χ1n) is 6.80. The highest BCUT2D eigenvalue weighted by atomic mass is 32.1. The number of thiocarbonyl (C=S) groups is 1. The molecule has 20 heavy (non-hydrogen) atoms. The van der Waals surface area contributed by atoms with Crippen LogP contribution < -0.4 is 11.1 Å². The number of aryl methyl sites for hydroxylation is 1. The molecule has 0 aliphatic carbocycles. The van der Waals surface area contributed by atoms with E-state index in [1.807, 2.05) is 49.9 Å². The van der Waals surface area contributed by atoms with E-state index in [0.717, 1.165) is 12.2 Å². The van der Waals surface area contributed by atoms with Crippen molar-refractivity contribution in [3.63, 3.8) is 0 Å². The number of carbonyl (C=O) groups is 1. The lowest BCUT2D eigenvalue weighted by Crippen LogP contribution is -2.38. The largest absolute Gasteiger partial charge is 0.393 e. The molecule has 3 N–H and O–H groups in total. The molecule has 0 bridgehead atoms. The van der Waals surface area contributed by atoms with Gasteiger partial charge < -0.3 is 11.1 Å². The van der Waals surface area contributed by atoms with Crippen LogP contribution >= 0.6 is 12.2 Å². The van der Waals surface area contributed by atoms with Crippen LogP contribution in [0.3, 0.4) is 0 Å². The second kappa shape index (κ2) is 7.97. The van der Waals surface area contributed by atoms with E-state index >= 15 is 0 Å². The van der Waals surface area contributed by atoms with Crippen LogP contribution in [0.2, 0.25) is 0 Å². The first kappa shape index (κ1) is 16.6. The molecule has 5 heteroatoms. The lowest BCUT2D eigenvalue weighted by Gasteiger charge is -2.23. The van der Waals surface area contributed by atoms with Crippen LogP contribution in [-0.4, -0.2) is 35.4 Å². The van der Waals surface area contributed by atoms with Gasteiger partial charge in [0.05, 0.1) is 11.5 Å². The fourth-order valence-electron chi connectivity index (χ4n) is 1.82. The summed E-state index contributed by atoms with van der Waals surface area (Å²) in [5.74, 6) is 0.0861. The first-order valence-corrected chi connectivity index (χ1v) is 7.21. The first-order chi connectivity index (χ1) is 9.42. The minimum atomic E-state index is -0.0224. The van der Waals surface area contributed by atoms with Crippen LogP contribution in [0, 0.1) is 12.8 Å². The van der Waals surface area contributed by atoms with E-state index in [0.29, 0.717) is 18.1 Å².